The second-order valence-corrected chi connectivity index (χ2v) is 4.44. The zero-order valence-corrected chi connectivity index (χ0v) is 10.7. The number of carbonyl (C=O) groups is 1. The fourth-order valence-electron chi connectivity index (χ4n) is 1.83. The lowest BCUT2D eigenvalue weighted by Crippen LogP contribution is -2.50. The lowest BCUT2D eigenvalue weighted by Gasteiger charge is -2.36. The van der Waals surface area contributed by atoms with E-state index in [-0.39, 0.29) is 19.4 Å². The highest BCUT2D eigenvalue weighted by molar-refractivity contribution is 5.74. The molecule has 0 aromatic heterocycles. The molecular formula is C10H18N4O6. The number of aliphatic hydroxyl groups excluding tert-OH is 3. The van der Waals surface area contributed by atoms with Gasteiger partial charge in [-0.1, -0.05) is 5.11 Å². The summed E-state index contributed by atoms with van der Waals surface area (Å²) in [5.74, 6) is -0.640. The second-order valence-electron chi connectivity index (χ2n) is 4.44. The summed E-state index contributed by atoms with van der Waals surface area (Å²) in [4.78, 5) is 13.4. The van der Waals surface area contributed by atoms with Crippen LogP contribution in [0.4, 0.5) is 0 Å². The molecule has 5 N–H and O–H groups in total. The number of rotatable bonds is 7. The zero-order chi connectivity index (χ0) is 15.1. The molecule has 1 fully saturated rings. The molecule has 10 heteroatoms. The smallest absolute Gasteiger partial charge is 0.217 e. The van der Waals surface area contributed by atoms with Crippen molar-refractivity contribution in [2.24, 2.45) is 10.8 Å². The van der Waals surface area contributed by atoms with Gasteiger partial charge in [-0.3, -0.25) is 4.79 Å². The summed E-state index contributed by atoms with van der Waals surface area (Å²) >= 11 is 0. The molecule has 0 saturated carbocycles. The molecule has 0 aromatic rings. The van der Waals surface area contributed by atoms with E-state index in [9.17, 15) is 15.0 Å². The van der Waals surface area contributed by atoms with Crippen molar-refractivity contribution in [1.82, 2.24) is 0 Å². The summed E-state index contributed by atoms with van der Waals surface area (Å²) in [5.41, 5.74) is 13.4. The molecule has 1 amide bonds. The summed E-state index contributed by atoms with van der Waals surface area (Å²) in [6.45, 7) is -0.599. The topological polar surface area (TPSA) is 171 Å². The van der Waals surface area contributed by atoms with Crippen molar-refractivity contribution in [2.45, 2.75) is 43.5 Å². The van der Waals surface area contributed by atoms with Gasteiger partial charge in [-0.25, -0.2) is 0 Å². The Balaban J connectivity index is 2.50. The molecule has 1 saturated heterocycles. The summed E-state index contributed by atoms with van der Waals surface area (Å²) < 4.78 is 10.5. The number of amides is 1. The molecule has 0 bridgehead atoms. The molecule has 0 radical (unpaired) electrons. The molecule has 114 valence electrons. The van der Waals surface area contributed by atoms with Crippen molar-refractivity contribution in [3.63, 3.8) is 0 Å². The fraction of sp³-hybridized carbons (Fsp3) is 0.900. The first-order valence-electron chi connectivity index (χ1n) is 6.04. The Morgan fingerprint density at radius 3 is 2.85 bits per heavy atom. The Bertz CT molecular complexity index is 375. The first kappa shape index (κ1) is 16.6. The van der Waals surface area contributed by atoms with Gasteiger partial charge in [0.2, 0.25) is 5.91 Å². The highest BCUT2D eigenvalue weighted by atomic mass is 16.7. The van der Waals surface area contributed by atoms with E-state index in [0.717, 1.165) is 0 Å². The Hall–Kier alpha value is -1.42. The van der Waals surface area contributed by atoms with Crippen LogP contribution in [0.1, 0.15) is 12.8 Å². The van der Waals surface area contributed by atoms with Crippen molar-refractivity contribution >= 4 is 5.91 Å². The van der Waals surface area contributed by atoms with Crippen LogP contribution in [-0.2, 0) is 14.3 Å². The number of hydrogen-bond donors (Lipinski definition) is 4. The maximum Gasteiger partial charge on any atom is 0.217 e. The summed E-state index contributed by atoms with van der Waals surface area (Å²) in [7, 11) is 0. The maximum atomic E-state index is 10.8. The van der Waals surface area contributed by atoms with Crippen molar-refractivity contribution < 1.29 is 29.6 Å². The first-order valence-corrected chi connectivity index (χ1v) is 6.04. The highest BCUT2D eigenvalue weighted by Gasteiger charge is 2.37. The van der Waals surface area contributed by atoms with Gasteiger partial charge in [0.15, 0.2) is 6.29 Å². The lowest BCUT2D eigenvalue weighted by molar-refractivity contribution is -0.257. The number of ether oxygens (including phenoxy) is 2. The van der Waals surface area contributed by atoms with Crippen LogP contribution in [0.3, 0.4) is 0 Å². The second kappa shape index (κ2) is 8.00. The maximum absolute atomic E-state index is 10.8. The standard InChI is InChI=1S/C10H18N4O6/c11-8(17)1-5(13-14-12)4-19-9-2-6(16)10(18)7(3-15)20-9/h5-7,9-10,15-16,18H,1-4H2,(H2,11,17)/t5?,6-,7-,9-,10+/m1/s1. The SMILES string of the molecule is [N-]=[N+]=NC(CO[C@H]1C[C@@H](O)[C@H](O)[C@@H](CO)O1)CC(N)=O. The van der Waals surface area contributed by atoms with Gasteiger partial charge in [-0.15, -0.1) is 0 Å². The average molecular weight is 290 g/mol. The molecule has 1 aliphatic rings. The number of nitrogens with zero attached hydrogens (tertiary/aromatic N) is 3. The fourth-order valence-corrected chi connectivity index (χ4v) is 1.83. The third kappa shape index (κ3) is 4.93. The minimum atomic E-state index is -1.20. The van der Waals surface area contributed by atoms with E-state index in [4.69, 9.17) is 25.8 Å². The molecule has 0 aromatic carbocycles. The van der Waals surface area contributed by atoms with E-state index in [1.807, 2.05) is 0 Å². The summed E-state index contributed by atoms with van der Waals surface area (Å²) in [6.07, 6.45) is -4.31. The van der Waals surface area contributed by atoms with Crippen LogP contribution in [0, 0.1) is 0 Å². The van der Waals surface area contributed by atoms with Crippen LogP contribution in [0.25, 0.3) is 10.4 Å². The Labute approximate surface area is 114 Å². The number of nitrogens with two attached hydrogens (primary N) is 1. The van der Waals surface area contributed by atoms with Crippen molar-refractivity contribution in [3.8, 4) is 0 Å². The summed E-state index contributed by atoms with van der Waals surface area (Å²) in [6, 6.07) is -0.780. The summed E-state index contributed by atoms with van der Waals surface area (Å²) in [5, 5.41) is 31.5. The van der Waals surface area contributed by atoms with Crippen molar-refractivity contribution in [2.75, 3.05) is 13.2 Å². The predicted octanol–water partition coefficient (Wildman–Crippen LogP) is -1.61. The van der Waals surface area contributed by atoms with E-state index < -0.39 is 43.2 Å². The molecule has 10 nitrogen and oxygen atoms in total. The number of hydrogen-bond acceptors (Lipinski definition) is 7. The van der Waals surface area contributed by atoms with E-state index in [2.05, 4.69) is 10.0 Å². The number of aliphatic hydroxyl groups is 3. The predicted molar refractivity (Wildman–Crippen MR) is 65.1 cm³/mol. The van der Waals surface area contributed by atoms with Gasteiger partial charge in [0.05, 0.1) is 25.4 Å². The monoisotopic (exact) mass is 290 g/mol. The third-order valence-corrected chi connectivity index (χ3v) is 2.84. The van der Waals surface area contributed by atoms with Crippen LogP contribution in [0.5, 0.6) is 0 Å². The van der Waals surface area contributed by atoms with Crippen LogP contribution in [-0.4, -0.2) is 65.1 Å². The van der Waals surface area contributed by atoms with Crippen LogP contribution >= 0.6 is 0 Å². The van der Waals surface area contributed by atoms with Gasteiger partial charge in [-0.05, 0) is 5.53 Å². The Morgan fingerprint density at radius 1 is 1.60 bits per heavy atom. The van der Waals surface area contributed by atoms with Crippen LogP contribution in [0.2, 0.25) is 0 Å². The van der Waals surface area contributed by atoms with Gasteiger partial charge in [-0.2, -0.15) is 0 Å². The van der Waals surface area contributed by atoms with E-state index in [0.29, 0.717) is 0 Å². The molecule has 1 unspecified atom stereocenters. The normalized spacial score (nSPS) is 31.4. The highest BCUT2D eigenvalue weighted by Crippen LogP contribution is 2.21. The van der Waals surface area contributed by atoms with E-state index in [1.54, 1.807) is 0 Å². The van der Waals surface area contributed by atoms with Gasteiger partial charge >= 0.3 is 0 Å². The lowest BCUT2D eigenvalue weighted by atomic mass is 10.0. The van der Waals surface area contributed by atoms with Gasteiger partial charge < -0.3 is 30.5 Å². The molecule has 1 aliphatic heterocycles. The third-order valence-electron chi connectivity index (χ3n) is 2.84. The molecule has 20 heavy (non-hydrogen) atoms. The largest absolute Gasteiger partial charge is 0.394 e. The van der Waals surface area contributed by atoms with Crippen LogP contribution < -0.4 is 5.73 Å². The van der Waals surface area contributed by atoms with Crippen LogP contribution in [0.15, 0.2) is 5.11 Å². The molecule has 1 rings (SSSR count). The van der Waals surface area contributed by atoms with E-state index >= 15 is 0 Å². The molecular weight excluding hydrogens is 272 g/mol. The Morgan fingerprint density at radius 2 is 2.30 bits per heavy atom. The zero-order valence-electron chi connectivity index (χ0n) is 10.7. The number of azide groups is 1. The molecule has 5 atom stereocenters. The van der Waals surface area contributed by atoms with Gasteiger partial charge in [0, 0.05) is 17.8 Å². The van der Waals surface area contributed by atoms with Gasteiger partial charge in [0.1, 0.15) is 12.2 Å². The van der Waals surface area contributed by atoms with E-state index in [1.165, 1.54) is 0 Å². The molecule has 0 aliphatic carbocycles. The van der Waals surface area contributed by atoms with Gasteiger partial charge in [0.25, 0.3) is 0 Å². The minimum absolute atomic E-state index is 0.00275. The minimum Gasteiger partial charge on any atom is -0.394 e. The average Bonchev–Trinajstić information content (AvgIpc) is 2.39. The van der Waals surface area contributed by atoms with Crippen molar-refractivity contribution in [1.29, 1.82) is 0 Å². The number of primary amides is 1. The molecule has 0 spiro atoms. The number of carbonyl (C=O) groups excluding carboxylic acids is 1. The quantitative estimate of drug-likeness (QED) is 0.249. The molecule has 1 heterocycles. The Kier molecular flexibility index (Phi) is 6.65. The van der Waals surface area contributed by atoms with Crippen molar-refractivity contribution in [3.05, 3.63) is 10.4 Å². The first-order chi connectivity index (χ1) is 9.47.